The molecule has 2 N–H and O–H groups in total. The maximum Gasteiger partial charge on any atom is 0.191 e. The molecular formula is C22H30FN7. The molecule has 0 fully saturated rings. The van der Waals surface area contributed by atoms with E-state index in [1.165, 1.54) is 23.4 Å². The molecule has 0 aliphatic carbocycles. The van der Waals surface area contributed by atoms with E-state index < -0.39 is 0 Å². The highest BCUT2D eigenvalue weighted by molar-refractivity contribution is 5.79. The van der Waals surface area contributed by atoms with Crippen molar-refractivity contribution in [3.8, 4) is 5.69 Å². The molecular weight excluding hydrogens is 381 g/mol. The van der Waals surface area contributed by atoms with Gasteiger partial charge in [0.1, 0.15) is 5.82 Å². The van der Waals surface area contributed by atoms with Gasteiger partial charge in [0.2, 0.25) is 0 Å². The average Bonchev–Trinajstić information content (AvgIpc) is 3.28. The summed E-state index contributed by atoms with van der Waals surface area (Å²) in [5.41, 5.74) is 5.34. The molecule has 2 aromatic heterocycles. The number of nitrogens with one attached hydrogen (secondary N) is 2. The van der Waals surface area contributed by atoms with Crippen LogP contribution in [0.25, 0.3) is 5.69 Å². The van der Waals surface area contributed by atoms with Crippen molar-refractivity contribution in [3.05, 3.63) is 65.0 Å². The molecule has 0 bridgehead atoms. The van der Waals surface area contributed by atoms with Gasteiger partial charge in [0.25, 0.3) is 0 Å². The van der Waals surface area contributed by atoms with E-state index in [0.717, 1.165) is 35.9 Å². The van der Waals surface area contributed by atoms with Crippen LogP contribution < -0.4 is 10.6 Å². The van der Waals surface area contributed by atoms with Gasteiger partial charge in [-0.05, 0) is 63.1 Å². The van der Waals surface area contributed by atoms with Crippen LogP contribution in [0.5, 0.6) is 0 Å². The van der Waals surface area contributed by atoms with Crippen LogP contribution in [0.1, 0.15) is 29.6 Å². The van der Waals surface area contributed by atoms with Gasteiger partial charge < -0.3 is 10.6 Å². The van der Waals surface area contributed by atoms with Gasteiger partial charge >= 0.3 is 0 Å². The second-order valence-electron chi connectivity index (χ2n) is 7.50. The third-order valence-corrected chi connectivity index (χ3v) is 5.18. The van der Waals surface area contributed by atoms with E-state index in [4.69, 9.17) is 0 Å². The van der Waals surface area contributed by atoms with Gasteiger partial charge in [-0.1, -0.05) is 0 Å². The summed E-state index contributed by atoms with van der Waals surface area (Å²) in [6.07, 6.45) is 3.52. The Morgan fingerprint density at radius 1 is 1.17 bits per heavy atom. The number of aliphatic imine (C=N–C) groups is 1. The van der Waals surface area contributed by atoms with Crippen molar-refractivity contribution in [2.24, 2.45) is 12.0 Å². The zero-order valence-electron chi connectivity index (χ0n) is 18.3. The fourth-order valence-corrected chi connectivity index (χ4v) is 3.44. The molecule has 1 atom stereocenters. The highest BCUT2D eigenvalue weighted by Gasteiger charge is 2.14. The third-order valence-electron chi connectivity index (χ3n) is 5.18. The summed E-state index contributed by atoms with van der Waals surface area (Å²) in [5, 5.41) is 15.8. The van der Waals surface area contributed by atoms with E-state index >= 15 is 0 Å². The SMILES string of the molecule is CN=C(NCCc1ccn(-c2ccc(F)cc2)n1)NC(C)Cc1c(C)nn(C)c1C. The van der Waals surface area contributed by atoms with Crippen LogP contribution in [0.15, 0.2) is 41.5 Å². The van der Waals surface area contributed by atoms with Crippen LogP contribution in [0.3, 0.4) is 0 Å². The minimum absolute atomic E-state index is 0.218. The van der Waals surface area contributed by atoms with Crippen molar-refractivity contribution in [1.82, 2.24) is 30.2 Å². The molecule has 1 unspecified atom stereocenters. The normalized spacial score (nSPS) is 12.8. The summed E-state index contributed by atoms with van der Waals surface area (Å²) in [6.45, 7) is 6.99. The van der Waals surface area contributed by atoms with Crippen molar-refractivity contribution in [2.75, 3.05) is 13.6 Å². The Balaban J connectivity index is 1.49. The monoisotopic (exact) mass is 411 g/mol. The third kappa shape index (κ3) is 5.25. The van der Waals surface area contributed by atoms with Crippen molar-refractivity contribution in [1.29, 1.82) is 0 Å². The van der Waals surface area contributed by atoms with E-state index in [0.29, 0.717) is 6.54 Å². The maximum atomic E-state index is 13.1. The molecule has 2 heterocycles. The largest absolute Gasteiger partial charge is 0.356 e. The van der Waals surface area contributed by atoms with E-state index in [2.05, 4.69) is 39.7 Å². The Hall–Kier alpha value is -3.16. The maximum absolute atomic E-state index is 13.1. The van der Waals surface area contributed by atoms with Crippen LogP contribution in [0.4, 0.5) is 4.39 Å². The van der Waals surface area contributed by atoms with Crippen LogP contribution in [0.2, 0.25) is 0 Å². The predicted molar refractivity (Wildman–Crippen MR) is 118 cm³/mol. The quantitative estimate of drug-likeness (QED) is 0.463. The Labute approximate surface area is 177 Å². The fraction of sp³-hybridized carbons (Fsp3) is 0.409. The van der Waals surface area contributed by atoms with E-state index in [-0.39, 0.29) is 11.9 Å². The summed E-state index contributed by atoms with van der Waals surface area (Å²) in [6, 6.07) is 8.48. The molecule has 7 nitrogen and oxygen atoms in total. The molecule has 0 saturated carbocycles. The lowest BCUT2D eigenvalue weighted by Crippen LogP contribution is -2.43. The van der Waals surface area contributed by atoms with Crippen LogP contribution in [-0.4, -0.2) is 45.2 Å². The van der Waals surface area contributed by atoms with E-state index in [1.807, 2.05) is 30.9 Å². The first-order valence-corrected chi connectivity index (χ1v) is 10.1. The molecule has 3 aromatic rings. The second-order valence-corrected chi connectivity index (χ2v) is 7.50. The topological polar surface area (TPSA) is 72.1 Å². The first kappa shape index (κ1) is 21.5. The predicted octanol–water partition coefficient (Wildman–Crippen LogP) is 2.70. The van der Waals surface area contributed by atoms with Gasteiger partial charge in [-0.25, -0.2) is 9.07 Å². The summed E-state index contributed by atoms with van der Waals surface area (Å²) >= 11 is 0. The van der Waals surface area contributed by atoms with Gasteiger partial charge in [0.05, 0.1) is 17.1 Å². The number of halogens is 1. The van der Waals surface area contributed by atoms with Crippen molar-refractivity contribution < 1.29 is 4.39 Å². The van der Waals surface area contributed by atoms with Gasteiger partial charge in [-0.2, -0.15) is 10.2 Å². The van der Waals surface area contributed by atoms with E-state index in [9.17, 15) is 4.39 Å². The lowest BCUT2D eigenvalue weighted by molar-refractivity contribution is 0.627. The van der Waals surface area contributed by atoms with Crippen molar-refractivity contribution in [3.63, 3.8) is 0 Å². The van der Waals surface area contributed by atoms with Gasteiger partial charge in [-0.3, -0.25) is 9.67 Å². The minimum atomic E-state index is -0.253. The number of hydrogen-bond acceptors (Lipinski definition) is 3. The van der Waals surface area contributed by atoms with E-state index in [1.54, 1.807) is 23.9 Å². The molecule has 0 spiro atoms. The first-order chi connectivity index (χ1) is 14.4. The Kier molecular flexibility index (Phi) is 6.87. The zero-order valence-corrected chi connectivity index (χ0v) is 18.3. The number of hydrogen-bond donors (Lipinski definition) is 2. The summed E-state index contributed by atoms with van der Waals surface area (Å²) in [7, 11) is 3.74. The lowest BCUT2D eigenvalue weighted by atomic mass is 10.1. The minimum Gasteiger partial charge on any atom is -0.356 e. The Morgan fingerprint density at radius 3 is 2.53 bits per heavy atom. The summed E-state index contributed by atoms with van der Waals surface area (Å²) in [4.78, 5) is 4.32. The standard InChI is InChI=1S/C22H30FN7/c1-15(14-21-16(2)27-29(5)17(21)3)26-22(24-4)25-12-10-19-11-13-30(28-19)20-8-6-18(23)7-9-20/h6-9,11,13,15H,10,12,14H2,1-5H3,(H2,24,25,26). The molecule has 0 amide bonds. The smallest absolute Gasteiger partial charge is 0.191 e. The molecule has 0 saturated heterocycles. The van der Waals surface area contributed by atoms with Crippen molar-refractivity contribution >= 4 is 5.96 Å². The lowest BCUT2D eigenvalue weighted by Gasteiger charge is -2.18. The van der Waals surface area contributed by atoms with Crippen LogP contribution in [-0.2, 0) is 19.9 Å². The number of nitrogens with zero attached hydrogens (tertiary/aromatic N) is 5. The molecule has 8 heteroatoms. The first-order valence-electron chi connectivity index (χ1n) is 10.1. The van der Waals surface area contributed by atoms with Gasteiger partial charge in [0, 0.05) is 45.0 Å². The number of rotatable bonds is 7. The number of aryl methyl sites for hydroxylation is 2. The molecule has 3 rings (SSSR count). The van der Waals surface area contributed by atoms with Gasteiger partial charge in [-0.15, -0.1) is 0 Å². The summed E-state index contributed by atoms with van der Waals surface area (Å²) in [5.74, 6) is 0.511. The van der Waals surface area contributed by atoms with Crippen LogP contribution >= 0.6 is 0 Å². The average molecular weight is 412 g/mol. The van der Waals surface area contributed by atoms with Crippen LogP contribution in [0, 0.1) is 19.7 Å². The zero-order chi connectivity index (χ0) is 21.7. The molecule has 0 aliphatic heterocycles. The fourth-order valence-electron chi connectivity index (χ4n) is 3.44. The molecule has 30 heavy (non-hydrogen) atoms. The highest BCUT2D eigenvalue weighted by atomic mass is 19.1. The highest BCUT2D eigenvalue weighted by Crippen LogP contribution is 2.14. The Morgan fingerprint density at radius 2 is 1.90 bits per heavy atom. The number of guanidine groups is 1. The molecule has 0 aliphatic rings. The van der Waals surface area contributed by atoms with Gasteiger partial charge in [0.15, 0.2) is 5.96 Å². The summed E-state index contributed by atoms with van der Waals surface area (Å²) < 4.78 is 16.8. The molecule has 0 radical (unpaired) electrons. The number of aromatic nitrogens is 4. The molecule has 1 aromatic carbocycles. The number of benzene rings is 1. The molecule has 160 valence electrons. The van der Waals surface area contributed by atoms with Crippen molar-refractivity contribution in [2.45, 2.75) is 39.7 Å². The second kappa shape index (κ2) is 9.56. The Bertz CT molecular complexity index is 1000.